The van der Waals surface area contributed by atoms with Crippen molar-refractivity contribution in [3.8, 4) is 0 Å². The standard InChI is InChI=1S/C7H6F2IN3O/c8-5(9)4-2(7(12)14)1-3(11)13-6(4)10/h1,5H,(H2,11,13)(H2,12,14). The number of carbonyl (C=O) groups excluding carboxylic acids is 1. The van der Waals surface area contributed by atoms with Crippen LogP contribution in [0.3, 0.4) is 0 Å². The van der Waals surface area contributed by atoms with Gasteiger partial charge in [-0.05, 0) is 28.7 Å². The molecule has 0 aromatic carbocycles. The molecule has 1 aromatic rings. The van der Waals surface area contributed by atoms with E-state index < -0.39 is 17.9 Å². The monoisotopic (exact) mass is 313 g/mol. The molecule has 0 aliphatic carbocycles. The minimum atomic E-state index is -2.79. The number of primary amides is 1. The molecule has 4 nitrogen and oxygen atoms in total. The zero-order valence-electron chi connectivity index (χ0n) is 6.80. The van der Waals surface area contributed by atoms with Gasteiger partial charge in [0.05, 0.1) is 11.1 Å². The quantitative estimate of drug-likeness (QED) is 0.638. The number of pyridine rings is 1. The number of halogens is 3. The van der Waals surface area contributed by atoms with E-state index in [0.717, 1.165) is 6.07 Å². The van der Waals surface area contributed by atoms with Gasteiger partial charge in [-0.3, -0.25) is 4.79 Å². The maximum Gasteiger partial charge on any atom is 0.267 e. The fraction of sp³-hybridized carbons (Fsp3) is 0.143. The molecule has 0 saturated heterocycles. The summed E-state index contributed by atoms with van der Waals surface area (Å²) in [6, 6.07) is 1.05. The predicted octanol–water partition coefficient (Wildman–Crippen LogP) is 1.30. The van der Waals surface area contributed by atoms with Crippen LogP contribution >= 0.6 is 22.6 Å². The zero-order chi connectivity index (χ0) is 10.9. The molecule has 1 aromatic heterocycles. The van der Waals surface area contributed by atoms with Crippen molar-refractivity contribution in [1.29, 1.82) is 0 Å². The average Bonchev–Trinajstić information content (AvgIpc) is 2.01. The summed E-state index contributed by atoms with van der Waals surface area (Å²) >= 11 is 1.58. The Morgan fingerprint density at radius 3 is 2.57 bits per heavy atom. The van der Waals surface area contributed by atoms with Gasteiger partial charge in [-0.1, -0.05) is 0 Å². The second-order valence-electron chi connectivity index (χ2n) is 2.46. The Hall–Kier alpha value is -0.990. The van der Waals surface area contributed by atoms with E-state index in [2.05, 4.69) is 4.98 Å². The number of hydrogen-bond donors (Lipinski definition) is 2. The van der Waals surface area contributed by atoms with Gasteiger partial charge in [-0.2, -0.15) is 0 Å². The molecule has 0 aliphatic rings. The van der Waals surface area contributed by atoms with Gasteiger partial charge in [0, 0.05) is 0 Å². The summed E-state index contributed by atoms with van der Waals surface area (Å²) in [7, 11) is 0. The molecule has 1 rings (SSSR count). The van der Waals surface area contributed by atoms with Crippen molar-refractivity contribution < 1.29 is 13.6 Å². The van der Waals surface area contributed by atoms with Crippen LogP contribution in [-0.2, 0) is 0 Å². The number of alkyl halides is 2. The fourth-order valence-electron chi connectivity index (χ4n) is 0.954. The van der Waals surface area contributed by atoms with Crippen molar-refractivity contribution >= 4 is 34.3 Å². The van der Waals surface area contributed by atoms with Gasteiger partial charge in [0.15, 0.2) is 0 Å². The number of nitrogens with two attached hydrogens (primary N) is 2. The molecule has 1 heterocycles. The minimum Gasteiger partial charge on any atom is -0.384 e. The molecular weight excluding hydrogens is 307 g/mol. The molecule has 0 unspecified atom stereocenters. The van der Waals surface area contributed by atoms with Gasteiger partial charge >= 0.3 is 0 Å². The Labute approximate surface area is 91.8 Å². The largest absolute Gasteiger partial charge is 0.384 e. The molecule has 0 spiro atoms. The van der Waals surface area contributed by atoms with Crippen molar-refractivity contribution in [3.05, 3.63) is 20.9 Å². The Kier molecular flexibility index (Phi) is 3.19. The minimum absolute atomic E-state index is 0.00685. The first-order valence-corrected chi connectivity index (χ1v) is 4.55. The Balaban J connectivity index is 3.44. The highest BCUT2D eigenvalue weighted by Gasteiger charge is 2.21. The normalized spacial score (nSPS) is 10.6. The van der Waals surface area contributed by atoms with Crippen LogP contribution in [0, 0.1) is 3.70 Å². The highest BCUT2D eigenvalue weighted by atomic mass is 127. The summed E-state index contributed by atoms with van der Waals surface area (Å²) < 4.78 is 25.0. The zero-order valence-corrected chi connectivity index (χ0v) is 8.96. The van der Waals surface area contributed by atoms with Gasteiger partial charge < -0.3 is 11.5 Å². The molecule has 0 bridgehead atoms. The summed E-state index contributed by atoms with van der Waals surface area (Å²) in [5, 5.41) is 0. The average molecular weight is 313 g/mol. The van der Waals surface area contributed by atoms with E-state index in [9.17, 15) is 13.6 Å². The fourth-order valence-corrected chi connectivity index (χ4v) is 1.76. The molecule has 4 N–H and O–H groups in total. The second-order valence-corrected chi connectivity index (χ2v) is 3.49. The number of aromatic nitrogens is 1. The molecule has 1 amide bonds. The second kappa shape index (κ2) is 4.03. The summed E-state index contributed by atoms with van der Waals surface area (Å²) in [6.07, 6.45) is -2.79. The predicted molar refractivity (Wildman–Crippen MR) is 54.8 cm³/mol. The lowest BCUT2D eigenvalue weighted by Gasteiger charge is -2.08. The van der Waals surface area contributed by atoms with Crippen LogP contribution in [0.4, 0.5) is 14.6 Å². The first kappa shape index (κ1) is 11.1. The third-order valence-electron chi connectivity index (χ3n) is 1.52. The molecule has 76 valence electrons. The van der Waals surface area contributed by atoms with Gasteiger partial charge in [0.1, 0.15) is 9.52 Å². The lowest BCUT2D eigenvalue weighted by molar-refractivity contribution is 0.0985. The van der Waals surface area contributed by atoms with Crippen LogP contribution in [0.2, 0.25) is 0 Å². The van der Waals surface area contributed by atoms with E-state index in [-0.39, 0.29) is 15.1 Å². The SMILES string of the molecule is NC(=O)c1cc(N)nc(I)c1C(F)F. The van der Waals surface area contributed by atoms with Gasteiger partial charge in [0.2, 0.25) is 5.91 Å². The first-order chi connectivity index (χ1) is 6.43. The van der Waals surface area contributed by atoms with Crippen molar-refractivity contribution in [1.82, 2.24) is 4.98 Å². The highest BCUT2D eigenvalue weighted by Crippen LogP contribution is 2.27. The lowest BCUT2D eigenvalue weighted by Crippen LogP contribution is -2.16. The molecular formula is C7H6F2IN3O. The van der Waals surface area contributed by atoms with Gasteiger partial charge in [-0.15, -0.1) is 0 Å². The summed E-state index contributed by atoms with van der Waals surface area (Å²) in [5.41, 5.74) is 9.48. The van der Waals surface area contributed by atoms with Crippen LogP contribution in [0.25, 0.3) is 0 Å². The van der Waals surface area contributed by atoms with Crippen LogP contribution in [0.5, 0.6) is 0 Å². The van der Waals surface area contributed by atoms with E-state index in [1.54, 1.807) is 22.6 Å². The Morgan fingerprint density at radius 2 is 2.14 bits per heavy atom. The number of nitrogens with zero attached hydrogens (tertiary/aromatic N) is 1. The highest BCUT2D eigenvalue weighted by molar-refractivity contribution is 14.1. The van der Waals surface area contributed by atoms with Crippen LogP contribution in [0.15, 0.2) is 6.07 Å². The number of amides is 1. The van der Waals surface area contributed by atoms with E-state index in [0.29, 0.717) is 0 Å². The van der Waals surface area contributed by atoms with Crippen molar-refractivity contribution in [2.24, 2.45) is 5.73 Å². The Morgan fingerprint density at radius 1 is 1.57 bits per heavy atom. The number of rotatable bonds is 2. The number of hydrogen-bond acceptors (Lipinski definition) is 3. The summed E-state index contributed by atoms with van der Waals surface area (Å²) in [5.74, 6) is -0.945. The molecule has 0 saturated carbocycles. The Bertz CT molecular complexity index is 383. The smallest absolute Gasteiger partial charge is 0.267 e. The third-order valence-corrected chi connectivity index (χ3v) is 2.34. The topological polar surface area (TPSA) is 82.0 Å². The molecule has 0 radical (unpaired) electrons. The van der Waals surface area contributed by atoms with Crippen LogP contribution in [0.1, 0.15) is 22.3 Å². The van der Waals surface area contributed by atoms with Crippen molar-refractivity contribution in [2.75, 3.05) is 5.73 Å². The maximum absolute atomic E-state index is 12.5. The maximum atomic E-state index is 12.5. The van der Waals surface area contributed by atoms with E-state index >= 15 is 0 Å². The molecule has 7 heteroatoms. The van der Waals surface area contributed by atoms with E-state index in [1.807, 2.05) is 0 Å². The molecule has 14 heavy (non-hydrogen) atoms. The molecule has 0 atom stereocenters. The summed E-state index contributed by atoms with van der Waals surface area (Å²) in [6.45, 7) is 0. The van der Waals surface area contributed by atoms with Crippen molar-refractivity contribution in [2.45, 2.75) is 6.43 Å². The number of anilines is 1. The van der Waals surface area contributed by atoms with E-state index in [1.165, 1.54) is 0 Å². The third kappa shape index (κ3) is 2.08. The number of nitrogen functional groups attached to an aromatic ring is 1. The molecule has 0 fully saturated rings. The first-order valence-electron chi connectivity index (χ1n) is 3.47. The van der Waals surface area contributed by atoms with Crippen molar-refractivity contribution in [3.63, 3.8) is 0 Å². The van der Waals surface area contributed by atoms with Gasteiger partial charge in [-0.25, -0.2) is 13.8 Å². The van der Waals surface area contributed by atoms with E-state index in [4.69, 9.17) is 11.5 Å². The number of carbonyl (C=O) groups is 1. The summed E-state index contributed by atoms with van der Waals surface area (Å²) in [4.78, 5) is 14.4. The lowest BCUT2D eigenvalue weighted by atomic mass is 10.1. The van der Waals surface area contributed by atoms with Crippen LogP contribution < -0.4 is 11.5 Å². The van der Waals surface area contributed by atoms with Crippen LogP contribution in [-0.4, -0.2) is 10.9 Å². The molecule has 0 aliphatic heterocycles. The van der Waals surface area contributed by atoms with Gasteiger partial charge in [0.25, 0.3) is 6.43 Å².